The zero-order valence-corrected chi connectivity index (χ0v) is 10.5. The summed E-state index contributed by atoms with van der Waals surface area (Å²) < 4.78 is 18.6. The van der Waals surface area contributed by atoms with Crippen molar-refractivity contribution in [1.82, 2.24) is 4.98 Å². The van der Waals surface area contributed by atoms with E-state index < -0.39 is 22.4 Å². The fourth-order valence-corrected chi connectivity index (χ4v) is 1.63. The summed E-state index contributed by atoms with van der Waals surface area (Å²) in [5, 5.41) is 19.4. The molecule has 1 heterocycles. The number of nitro benzene ring substituents is 1. The zero-order valence-electron chi connectivity index (χ0n) is 10.5. The Kier molecular flexibility index (Phi) is 4.07. The first kappa shape index (κ1) is 14.4. The Hall–Kier alpha value is -3.03. The Balaban J connectivity index is 2.16. The lowest BCUT2D eigenvalue weighted by Crippen LogP contribution is -2.08. The fourth-order valence-electron chi connectivity index (χ4n) is 1.63. The number of hydrogen-bond acceptors (Lipinski definition) is 5. The van der Waals surface area contributed by atoms with Crippen molar-refractivity contribution in [3.63, 3.8) is 0 Å². The van der Waals surface area contributed by atoms with E-state index in [4.69, 9.17) is 9.84 Å². The van der Waals surface area contributed by atoms with E-state index in [1.165, 1.54) is 18.3 Å². The van der Waals surface area contributed by atoms with Crippen LogP contribution in [0.15, 0.2) is 36.5 Å². The summed E-state index contributed by atoms with van der Waals surface area (Å²) in [6.45, 7) is -0.146. The zero-order chi connectivity index (χ0) is 15.4. The van der Waals surface area contributed by atoms with Crippen LogP contribution in [0, 0.1) is 15.9 Å². The fraction of sp³-hybridized carbons (Fsp3) is 0.0769. The molecule has 0 aliphatic heterocycles. The molecule has 0 fully saturated rings. The van der Waals surface area contributed by atoms with Crippen LogP contribution in [-0.2, 0) is 6.61 Å². The van der Waals surface area contributed by atoms with Crippen LogP contribution in [0.4, 0.5) is 10.1 Å². The van der Waals surface area contributed by atoms with E-state index in [9.17, 15) is 19.3 Å². The maximum Gasteiger partial charge on any atom is 0.354 e. The van der Waals surface area contributed by atoms with Gasteiger partial charge in [0.15, 0.2) is 5.69 Å². The highest BCUT2D eigenvalue weighted by Gasteiger charge is 2.15. The molecule has 0 atom stereocenters. The molecule has 0 amide bonds. The molecule has 108 valence electrons. The van der Waals surface area contributed by atoms with Crippen molar-refractivity contribution < 1.29 is 24.0 Å². The monoisotopic (exact) mass is 292 g/mol. The normalized spacial score (nSPS) is 10.1. The lowest BCUT2D eigenvalue weighted by Gasteiger charge is -2.08. The second-order valence-corrected chi connectivity index (χ2v) is 3.98. The highest BCUT2D eigenvalue weighted by atomic mass is 19.1. The predicted octanol–water partition coefficient (Wildman–Crippen LogP) is 2.41. The van der Waals surface area contributed by atoms with Gasteiger partial charge in [-0.25, -0.2) is 9.78 Å². The number of hydrogen-bond donors (Lipinski definition) is 1. The quantitative estimate of drug-likeness (QED) is 0.670. The Morgan fingerprint density at radius 1 is 1.43 bits per heavy atom. The molecule has 0 saturated heterocycles. The molecule has 0 aliphatic rings. The van der Waals surface area contributed by atoms with Gasteiger partial charge in [0.2, 0.25) is 5.82 Å². The maximum absolute atomic E-state index is 13.4. The number of carboxylic acid groups (broad SMARTS) is 1. The minimum atomic E-state index is -1.20. The van der Waals surface area contributed by atoms with Crippen LogP contribution in [-0.4, -0.2) is 21.0 Å². The van der Waals surface area contributed by atoms with Gasteiger partial charge < -0.3 is 9.84 Å². The predicted molar refractivity (Wildman–Crippen MR) is 68.6 cm³/mol. The third-order valence-corrected chi connectivity index (χ3v) is 2.60. The van der Waals surface area contributed by atoms with Gasteiger partial charge in [-0.05, 0) is 12.1 Å². The lowest BCUT2D eigenvalue weighted by molar-refractivity contribution is -0.387. The second-order valence-electron chi connectivity index (χ2n) is 3.98. The van der Waals surface area contributed by atoms with Crippen LogP contribution >= 0.6 is 0 Å². The van der Waals surface area contributed by atoms with Gasteiger partial charge in [0.25, 0.3) is 0 Å². The van der Waals surface area contributed by atoms with Gasteiger partial charge in [-0.15, -0.1) is 0 Å². The number of nitrogens with zero attached hydrogens (tertiary/aromatic N) is 2. The Morgan fingerprint density at radius 2 is 2.19 bits per heavy atom. The van der Waals surface area contributed by atoms with Crippen LogP contribution < -0.4 is 4.74 Å². The molecule has 0 spiro atoms. The van der Waals surface area contributed by atoms with E-state index in [1.54, 1.807) is 6.07 Å². The van der Waals surface area contributed by atoms with Crippen LogP contribution in [0.1, 0.15) is 16.1 Å². The molecule has 21 heavy (non-hydrogen) atoms. The Labute approximate surface area is 117 Å². The number of halogens is 1. The van der Waals surface area contributed by atoms with E-state index in [0.717, 1.165) is 12.1 Å². The Morgan fingerprint density at radius 3 is 2.81 bits per heavy atom. The van der Waals surface area contributed by atoms with Crippen molar-refractivity contribution in [3.05, 3.63) is 63.7 Å². The molecule has 0 unspecified atom stereocenters. The average Bonchev–Trinajstić information content (AvgIpc) is 2.45. The molecule has 1 N–H and O–H groups in total. The SMILES string of the molecule is O=C(O)c1ncccc1COc1ccc([N+](=O)[O-])c(F)c1. The van der Waals surface area contributed by atoms with Gasteiger partial charge in [0.1, 0.15) is 12.4 Å². The number of carbonyl (C=O) groups is 1. The standard InChI is InChI=1S/C13H9FN2O5/c14-10-6-9(3-4-11(10)16(19)20)21-7-8-2-1-5-15-12(8)13(17)18/h1-6H,7H2,(H,17,18). The van der Waals surface area contributed by atoms with Crippen LogP contribution in [0.25, 0.3) is 0 Å². The molecule has 1 aromatic carbocycles. The molecule has 8 heteroatoms. The average molecular weight is 292 g/mol. The van der Waals surface area contributed by atoms with Crippen molar-refractivity contribution in [3.8, 4) is 5.75 Å². The van der Waals surface area contributed by atoms with Crippen LogP contribution in [0.2, 0.25) is 0 Å². The largest absolute Gasteiger partial charge is 0.489 e. The van der Waals surface area contributed by atoms with E-state index in [-0.39, 0.29) is 18.1 Å². The summed E-state index contributed by atoms with van der Waals surface area (Å²) in [5.74, 6) is -2.18. The first-order valence-electron chi connectivity index (χ1n) is 5.73. The van der Waals surface area contributed by atoms with Gasteiger partial charge in [0.05, 0.1) is 4.92 Å². The molecule has 2 aromatic rings. The highest BCUT2D eigenvalue weighted by Crippen LogP contribution is 2.23. The van der Waals surface area contributed by atoms with Gasteiger partial charge in [-0.3, -0.25) is 10.1 Å². The summed E-state index contributed by atoms with van der Waals surface area (Å²) in [4.78, 5) is 24.3. The second kappa shape index (κ2) is 5.95. The van der Waals surface area contributed by atoms with Crippen LogP contribution in [0.5, 0.6) is 5.75 Å². The summed E-state index contributed by atoms with van der Waals surface area (Å²) >= 11 is 0. The number of pyridine rings is 1. The maximum atomic E-state index is 13.4. The number of rotatable bonds is 5. The molecule has 0 aliphatic carbocycles. The van der Waals surface area contributed by atoms with Crippen molar-refractivity contribution in [1.29, 1.82) is 0 Å². The molecule has 0 saturated carbocycles. The van der Waals surface area contributed by atoms with Crippen molar-refractivity contribution in [2.75, 3.05) is 0 Å². The van der Waals surface area contributed by atoms with Gasteiger partial charge >= 0.3 is 11.7 Å². The van der Waals surface area contributed by atoms with E-state index in [1.807, 2.05) is 0 Å². The van der Waals surface area contributed by atoms with Crippen LogP contribution in [0.3, 0.4) is 0 Å². The van der Waals surface area contributed by atoms with E-state index >= 15 is 0 Å². The van der Waals surface area contributed by atoms with Crippen molar-refractivity contribution >= 4 is 11.7 Å². The smallest absolute Gasteiger partial charge is 0.354 e. The van der Waals surface area contributed by atoms with Crippen molar-refractivity contribution in [2.45, 2.75) is 6.61 Å². The molecule has 1 aromatic heterocycles. The van der Waals surface area contributed by atoms with Gasteiger partial charge in [-0.1, -0.05) is 6.07 Å². The molecular weight excluding hydrogens is 283 g/mol. The number of nitro groups is 1. The summed E-state index contributed by atoms with van der Waals surface area (Å²) in [6.07, 6.45) is 1.33. The molecule has 0 radical (unpaired) electrons. The Bertz CT molecular complexity index is 705. The summed E-state index contributed by atoms with van der Waals surface area (Å²) in [6, 6.07) is 6.14. The van der Waals surface area contributed by atoms with Crippen molar-refractivity contribution in [2.24, 2.45) is 0 Å². The minimum Gasteiger partial charge on any atom is -0.489 e. The topological polar surface area (TPSA) is 103 Å². The van der Waals surface area contributed by atoms with E-state index in [0.29, 0.717) is 5.56 Å². The third kappa shape index (κ3) is 3.30. The molecule has 7 nitrogen and oxygen atoms in total. The number of aromatic nitrogens is 1. The first-order chi connectivity index (χ1) is 9.99. The molecular formula is C13H9FN2O5. The van der Waals surface area contributed by atoms with Gasteiger partial charge in [0, 0.05) is 23.9 Å². The van der Waals surface area contributed by atoms with E-state index in [2.05, 4.69) is 4.98 Å². The number of aromatic carboxylic acids is 1. The molecule has 2 rings (SSSR count). The number of benzene rings is 1. The minimum absolute atomic E-state index is 0.0540. The number of carboxylic acids is 1. The number of ether oxygens (including phenoxy) is 1. The lowest BCUT2D eigenvalue weighted by atomic mass is 10.2. The first-order valence-corrected chi connectivity index (χ1v) is 5.73. The highest BCUT2D eigenvalue weighted by molar-refractivity contribution is 5.86. The van der Waals surface area contributed by atoms with Gasteiger partial charge in [-0.2, -0.15) is 4.39 Å². The summed E-state index contributed by atoms with van der Waals surface area (Å²) in [5.41, 5.74) is -0.515. The summed E-state index contributed by atoms with van der Waals surface area (Å²) in [7, 11) is 0. The third-order valence-electron chi connectivity index (χ3n) is 2.60. The molecule has 0 bridgehead atoms.